The molecular weight excluding hydrogens is 343 g/mol. The summed E-state index contributed by atoms with van der Waals surface area (Å²) in [4.78, 5) is 0. The van der Waals surface area contributed by atoms with Crippen molar-refractivity contribution in [1.29, 1.82) is 0 Å². The Kier molecular flexibility index (Phi) is 5.06. The summed E-state index contributed by atoms with van der Waals surface area (Å²) in [6.07, 6.45) is 0. The summed E-state index contributed by atoms with van der Waals surface area (Å²) in [5, 5.41) is 3.10. The van der Waals surface area contributed by atoms with E-state index in [1.54, 1.807) is 12.1 Å². The fourth-order valence-electron chi connectivity index (χ4n) is 2.21. The summed E-state index contributed by atoms with van der Waals surface area (Å²) in [6.45, 7) is 3.94. The number of hydrogen-bond donors (Lipinski definition) is 1. The molecule has 1 nitrogen and oxygen atoms in total. The second-order valence-corrected chi connectivity index (χ2v) is 5.61. The van der Waals surface area contributed by atoms with Gasteiger partial charge in [0.05, 0.1) is 6.04 Å². The Hall–Kier alpha value is -1.33. The first-order chi connectivity index (χ1) is 9.95. The van der Waals surface area contributed by atoms with Crippen molar-refractivity contribution >= 4 is 15.9 Å². The molecule has 0 heterocycles. The second-order valence-electron chi connectivity index (χ2n) is 4.76. The van der Waals surface area contributed by atoms with E-state index in [-0.39, 0.29) is 11.1 Å². The van der Waals surface area contributed by atoms with E-state index in [2.05, 4.69) is 21.2 Å². The van der Waals surface area contributed by atoms with E-state index in [0.29, 0.717) is 16.6 Å². The minimum Gasteiger partial charge on any atom is -0.306 e. The highest BCUT2D eigenvalue weighted by Gasteiger charge is 2.22. The van der Waals surface area contributed by atoms with Crippen LogP contribution in [0.5, 0.6) is 0 Å². The summed E-state index contributed by atoms with van der Waals surface area (Å²) < 4.78 is 41.7. The molecule has 1 atom stereocenters. The van der Waals surface area contributed by atoms with Gasteiger partial charge in [-0.2, -0.15) is 0 Å². The van der Waals surface area contributed by atoms with Crippen molar-refractivity contribution in [2.75, 3.05) is 6.54 Å². The zero-order valence-corrected chi connectivity index (χ0v) is 13.3. The van der Waals surface area contributed by atoms with Crippen molar-refractivity contribution in [2.24, 2.45) is 0 Å². The quantitative estimate of drug-likeness (QED) is 0.822. The van der Waals surface area contributed by atoms with Crippen LogP contribution in [0.2, 0.25) is 0 Å². The van der Waals surface area contributed by atoms with Crippen LogP contribution in [0.4, 0.5) is 13.2 Å². The Morgan fingerprint density at radius 3 is 2.33 bits per heavy atom. The Morgan fingerprint density at radius 2 is 1.71 bits per heavy atom. The van der Waals surface area contributed by atoms with Crippen molar-refractivity contribution in [3.8, 4) is 0 Å². The summed E-state index contributed by atoms with van der Waals surface area (Å²) in [7, 11) is 0. The summed E-state index contributed by atoms with van der Waals surface area (Å²) in [5.41, 5.74) is 1.11. The van der Waals surface area contributed by atoms with Crippen LogP contribution in [0.3, 0.4) is 0 Å². The molecule has 0 aromatic heterocycles. The molecule has 0 spiro atoms. The van der Waals surface area contributed by atoms with Gasteiger partial charge in [0.1, 0.15) is 5.82 Å². The number of nitrogens with one attached hydrogen (secondary N) is 1. The smallest absolute Gasteiger partial charge is 0.164 e. The number of hydrogen-bond acceptors (Lipinski definition) is 1. The van der Waals surface area contributed by atoms with Gasteiger partial charge in [0.25, 0.3) is 0 Å². The minimum atomic E-state index is -0.878. The van der Waals surface area contributed by atoms with E-state index >= 15 is 0 Å². The predicted molar refractivity (Wildman–Crippen MR) is 80.7 cm³/mol. The molecule has 112 valence electrons. The third-order valence-corrected chi connectivity index (χ3v) is 3.98. The van der Waals surface area contributed by atoms with E-state index in [1.807, 2.05) is 6.92 Å². The molecule has 1 unspecified atom stereocenters. The molecule has 2 aromatic rings. The molecule has 0 saturated carbocycles. The highest BCUT2D eigenvalue weighted by molar-refractivity contribution is 9.10. The van der Waals surface area contributed by atoms with Crippen LogP contribution in [0.15, 0.2) is 34.8 Å². The molecule has 0 saturated heterocycles. The molecule has 2 rings (SSSR count). The third kappa shape index (κ3) is 3.30. The molecule has 1 N–H and O–H groups in total. The highest BCUT2D eigenvalue weighted by atomic mass is 79.9. The molecule has 0 aliphatic rings. The second kappa shape index (κ2) is 6.62. The summed E-state index contributed by atoms with van der Waals surface area (Å²) >= 11 is 3.28. The van der Waals surface area contributed by atoms with Crippen molar-refractivity contribution in [3.05, 3.63) is 68.9 Å². The van der Waals surface area contributed by atoms with E-state index in [0.717, 1.165) is 0 Å². The van der Waals surface area contributed by atoms with Crippen LogP contribution in [0.1, 0.15) is 29.7 Å². The largest absolute Gasteiger partial charge is 0.306 e. The van der Waals surface area contributed by atoms with Crippen molar-refractivity contribution in [3.63, 3.8) is 0 Å². The van der Waals surface area contributed by atoms with Gasteiger partial charge in [-0.25, -0.2) is 13.2 Å². The number of benzene rings is 2. The Labute approximate surface area is 130 Å². The van der Waals surface area contributed by atoms with E-state index in [1.165, 1.54) is 25.1 Å². The standard InChI is InChI=1S/C16H15BrF3N/c1-3-21-16(11-7-5-10(18)8-13(11)17)12-6-4-9(2)14(19)15(12)20/h4-8,16,21H,3H2,1-2H3. The Morgan fingerprint density at radius 1 is 1.05 bits per heavy atom. The van der Waals surface area contributed by atoms with Gasteiger partial charge in [-0.15, -0.1) is 0 Å². The lowest BCUT2D eigenvalue weighted by molar-refractivity contribution is 0.478. The number of rotatable bonds is 4. The average Bonchev–Trinajstić information content (AvgIpc) is 2.44. The predicted octanol–water partition coefficient (Wildman–Crippen LogP) is 4.87. The SMILES string of the molecule is CCNC(c1ccc(F)cc1Br)c1ccc(C)c(F)c1F. The van der Waals surface area contributed by atoms with Gasteiger partial charge >= 0.3 is 0 Å². The summed E-state index contributed by atoms with van der Waals surface area (Å²) in [6, 6.07) is 6.70. The lowest BCUT2D eigenvalue weighted by Crippen LogP contribution is -2.24. The van der Waals surface area contributed by atoms with Gasteiger partial charge in [-0.1, -0.05) is 41.1 Å². The topological polar surface area (TPSA) is 12.0 Å². The van der Waals surface area contributed by atoms with Crippen LogP contribution in [-0.4, -0.2) is 6.54 Å². The van der Waals surface area contributed by atoms with Crippen LogP contribution in [0, 0.1) is 24.4 Å². The number of aryl methyl sites for hydroxylation is 1. The summed E-state index contributed by atoms with van der Waals surface area (Å²) in [5.74, 6) is -2.12. The van der Waals surface area contributed by atoms with Crippen LogP contribution < -0.4 is 5.32 Å². The van der Waals surface area contributed by atoms with Gasteiger partial charge in [0.15, 0.2) is 11.6 Å². The van der Waals surface area contributed by atoms with Crippen molar-refractivity contribution < 1.29 is 13.2 Å². The van der Waals surface area contributed by atoms with E-state index in [4.69, 9.17) is 0 Å². The van der Waals surface area contributed by atoms with Crippen molar-refractivity contribution in [1.82, 2.24) is 5.32 Å². The zero-order valence-electron chi connectivity index (χ0n) is 11.7. The van der Waals surface area contributed by atoms with Crippen LogP contribution in [0.25, 0.3) is 0 Å². The third-order valence-electron chi connectivity index (χ3n) is 3.30. The molecule has 0 aliphatic heterocycles. The maximum Gasteiger partial charge on any atom is 0.164 e. The Balaban J connectivity index is 2.56. The molecule has 0 radical (unpaired) electrons. The van der Waals surface area contributed by atoms with Crippen LogP contribution >= 0.6 is 15.9 Å². The van der Waals surface area contributed by atoms with E-state index < -0.39 is 23.5 Å². The average molecular weight is 358 g/mol. The first-order valence-corrected chi connectivity index (χ1v) is 7.37. The molecule has 0 aliphatic carbocycles. The fraction of sp³-hybridized carbons (Fsp3) is 0.250. The maximum absolute atomic E-state index is 14.2. The number of halogens is 4. The van der Waals surface area contributed by atoms with Crippen molar-refractivity contribution in [2.45, 2.75) is 19.9 Å². The molecule has 21 heavy (non-hydrogen) atoms. The monoisotopic (exact) mass is 357 g/mol. The molecule has 2 aromatic carbocycles. The molecular formula is C16H15BrF3N. The molecule has 0 bridgehead atoms. The minimum absolute atomic E-state index is 0.201. The molecule has 5 heteroatoms. The lowest BCUT2D eigenvalue weighted by Gasteiger charge is -2.21. The molecule has 0 fully saturated rings. The van der Waals surface area contributed by atoms with Gasteiger partial charge < -0.3 is 5.32 Å². The fourth-order valence-corrected chi connectivity index (χ4v) is 2.79. The normalized spacial score (nSPS) is 12.5. The van der Waals surface area contributed by atoms with Gasteiger partial charge in [-0.05, 0) is 36.7 Å². The van der Waals surface area contributed by atoms with E-state index in [9.17, 15) is 13.2 Å². The van der Waals surface area contributed by atoms with Gasteiger partial charge in [0.2, 0.25) is 0 Å². The maximum atomic E-state index is 14.2. The van der Waals surface area contributed by atoms with Gasteiger partial charge in [0, 0.05) is 10.0 Å². The first-order valence-electron chi connectivity index (χ1n) is 6.58. The Bertz CT molecular complexity index is 658. The zero-order chi connectivity index (χ0) is 15.6. The first kappa shape index (κ1) is 16.0. The van der Waals surface area contributed by atoms with Crippen LogP contribution in [-0.2, 0) is 0 Å². The highest BCUT2D eigenvalue weighted by Crippen LogP contribution is 2.32. The molecule has 0 amide bonds. The lowest BCUT2D eigenvalue weighted by atomic mass is 9.96. The van der Waals surface area contributed by atoms with Gasteiger partial charge in [-0.3, -0.25) is 0 Å².